The summed E-state index contributed by atoms with van der Waals surface area (Å²) in [7, 11) is 1.58. The van der Waals surface area contributed by atoms with Crippen LogP contribution in [0.3, 0.4) is 0 Å². The molecule has 7 nitrogen and oxygen atoms in total. The van der Waals surface area contributed by atoms with E-state index in [4.69, 9.17) is 9.47 Å². The summed E-state index contributed by atoms with van der Waals surface area (Å²) in [5, 5.41) is 5.98. The van der Waals surface area contributed by atoms with Gasteiger partial charge in [0.2, 0.25) is 5.91 Å². The molecule has 0 atom stereocenters. The Balaban J connectivity index is 1.27. The second kappa shape index (κ2) is 10.3. The highest BCUT2D eigenvalue weighted by Crippen LogP contribution is 2.55. The molecular weight excluding hydrogens is 428 g/mol. The number of esters is 1. The van der Waals surface area contributed by atoms with Gasteiger partial charge in [-0.1, -0.05) is 12.1 Å². The predicted octanol–water partition coefficient (Wildman–Crippen LogP) is 2.78. The Hall–Kier alpha value is -2.06. The molecule has 0 spiro atoms. The van der Waals surface area contributed by atoms with Crippen molar-refractivity contribution in [2.24, 2.45) is 17.8 Å². The van der Waals surface area contributed by atoms with Crippen LogP contribution in [0.15, 0.2) is 29.2 Å². The summed E-state index contributed by atoms with van der Waals surface area (Å²) in [6, 6.07) is 6.99. The van der Waals surface area contributed by atoms with Gasteiger partial charge >= 0.3 is 5.97 Å². The molecule has 1 aromatic rings. The molecule has 0 heterocycles. The fraction of sp³-hybridized carbons (Fsp3) is 0.625. The maximum Gasteiger partial charge on any atom is 0.339 e. The standard InChI is InChI=1S/C24H32N2O5S/c1-30-7-6-25-22(28)15-32-20-5-3-2-4-19(20)23(29)31-14-21(27)26-24-11-16-8-17(12-24)10-18(9-16)13-24/h2-5,16-18H,6-15H2,1H3,(H,25,28)(H,26,27). The smallest absolute Gasteiger partial charge is 0.339 e. The van der Waals surface area contributed by atoms with Crippen LogP contribution in [0.2, 0.25) is 0 Å². The lowest BCUT2D eigenvalue weighted by Gasteiger charge is -2.56. The lowest BCUT2D eigenvalue weighted by atomic mass is 9.53. The molecule has 32 heavy (non-hydrogen) atoms. The Bertz CT molecular complexity index is 823. The number of nitrogens with one attached hydrogen (secondary N) is 2. The van der Waals surface area contributed by atoms with E-state index in [1.165, 1.54) is 31.0 Å². The summed E-state index contributed by atoms with van der Waals surface area (Å²) >= 11 is 1.27. The number of benzene rings is 1. The van der Waals surface area contributed by atoms with Crippen LogP contribution in [0.25, 0.3) is 0 Å². The Morgan fingerprint density at radius 2 is 1.69 bits per heavy atom. The first kappa shape index (κ1) is 23.1. The first-order chi connectivity index (χ1) is 15.5. The number of hydrogen-bond donors (Lipinski definition) is 2. The van der Waals surface area contributed by atoms with E-state index in [1.807, 2.05) is 6.07 Å². The average Bonchev–Trinajstić information content (AvgIpc) is 2.75. The van der Waals surface area contributed by atoms with Crippen LogP contribution in [0, 0.1) is 17.8 Å². The number of thioether (sulfide) groups is 1. The third-order valence-corrected chi connectivity index (χ3v) is 7.94. The first-order valence-electron chi connectivity index (χ1n) is 11.4. The van der Waals surface area contributed by atoms with Gasteiger partial charge in [-0.2, -0.15) is 0 Å². The largest absolute Gasteiger partial charge is 0.452 e. The van der Waals surface area contributed by atoms with E-state index in [9.17, 15) is 14.4 Å². The summed E-state index contributed by atoms with van der Waals surface area (Å²) in [5.41, 5.74) is 0.270. The van der Waals surface area contributed by atoms with Crippen molar-refractivity contribution in [3.8, 4) is 0 Å². The Kier molecular flexibility index (Phi) is 7.40. The SMILES string of the molecule is COCCNC(=O)CSc1ccccc1C(=O)OCC(=O)NC12CC3CC(CC(C3)C1)C2. The maximum atomic E-state index is 12.7. The molecule has 0 saturated heterocycles. The molecule has 2 amide bonds. The number of ether oxygens (including phenoxy) is 2. The van der Waals surface area contributed by atoms with E-state index in [1.54, 1.807) is 25.3 Å². The second-order valence-corrected chi connectivity index (χ2v) is 10.5. The molecule has 5 rings (SSSR count). The van der Waals surface area contributed by atoms with Crippen LogP contribution in [0.4, 0.5) is 0 Å². The topological polar surface area (TPSA) is 93.7 Å². The lowest BCUT2D eigenvalue weighted by molar-refractivity contribution is -0.130. The van der Waals surface area contributed by atoms with E-state index < -0.39 is 5.97 Å². The molecular formula is C24H32N2O5S. The van der Waals surface area contributed by atoms with Crippen LogP contribution >= 0.6 is 11.8 Å². The molecule has 4 saturated carbocycles. The minimum absolute atomic E-state index is 0.0951. The number of carbonyl (C=O) groups is 3. The quantitative estimate of drug-likeness (QED) is 0.317. The average molecular weight is 461 g/mol. The maximum absolute atomic E-state index is 12.7. The van der Waals surface area contributed by atoms with Crippen LogP contribution in [-0.4, -0.2) is 55.9 Å². The van der Waals surface area contributed by atoms with Gasteiger partial charge in [0, 0.05) is 24.1 Å². The molecule has 8 heteroatoms. The van der Waals surface area contributed by atoms with Gasteiger partial charge in [0.1, 0.15) is 0 Å². The second-order valence-electron chi connectivity index (χ2n) is 9.45. The monoisotopic (exact) mass is 460 g/mol. The molecule has 4 aliphatic rings. The fourth-order valence-electron chi connectivity index (χ4n) is 6.05. The summed E-state index contributed by atoms with van der Waals surface area (Å²) in [6.45, 7) is 0.611. The predicted molar refractivity (Wildman–Crippen MR) is 121 cm³/mol. The van der Waals surface area contributed by atoms with Crippen molar-refractivity contribution in [2.45, 2.75) is 49.0 Å². The number of rotatable bonds is 10. The van der Waals surface area contributed by atoms with Gasteiger partial charge in [-0.05, 0) is 68.4 Å². The molecule has 4 aliphatic carbocycles. The summed E-state index contributed by atoms with van der Waals surface area (Å²) in [6.07, 6.45) is 7.11. The Morgan fingerprint density at radius 1 is 1.03 bits per heavy atom. The zero-order valence-corrected chi connectivity index (χ0v) is 19.4. The third kappa shape index (κ3) is 5.64. The summed E-state index contributed by atoms with van der Waals surface area (Å²) in [5.74, 6) is 1.49. The molecule has 0 unspecified atom stereocenters. The Morgan fingerprint density at radius 3 is 2.34 bits per heavy atom. The molecule has 2 N–H and O–H groups in total. The van der Waals surface area contributed by atoms with E-state index >= 15 is 0 Å². The molecule has 0 aromatic heterocycles. The van der Waals surface area contributed by atoms with Gasteiger partial charge in [0.15, 0.2) is 6.61 Å². The van der Waals surface area contributed by atoms with Crippen molar-refractivity contribution >= 4 is 29.5 Å². The first-order valence-corrected chi connectivity index (χ1v) is 12.4. The number of amides is 2. The van der Waals surface area contributed by atoms with Crippen molar-refractivity contribution in [3.05, 3.63) is 29.8 Å². The van der Waals surface area contributed by atoms with Gasteiger partial charge in [-0.15, -0.1) is 11.8 Å². The number of hydrogen-bond acceptors (Lipinski definition) is 6. The minimum Gasteiger partial charge on any atom is -0.452 e. The van der Waals surface area contributed by atoms with Crippen molar-refractivity contribution in [2.75, 3.05) is 32.6 Å². The van der Waals surface area contributed by atoms with Crippen LogP contribution in [-0.2, 0) is 19.1 Å². The number of carbonyl (C=O) groups excluding carboxylic acids is 3. The molecule has 0 radical (unpaired) electrons. The van der Waals surface area contributed by atoms with Crippen LogP contribution in [0.5, 0.6) is 0 Å². The molecule has 174 valence electrons. The van der Waals surface area contributed by atoms with Gasteiger partial charge in [0.05, 0.1) is 17.9 Å². The highest BCUT2D eigenvalue weighted by molar-refractivity contribution is 8.00. The van der Waals surface area contributed by atoms with Gasteiger partial charge in [0.25, 0.3) is 5.91 Å². The highest BCUT2D eigenvalue weighted by Gasteiger charge is 2.51. The van der Waals surface area contributed by atoms with Crippen LogP contribution < -0.4 is 10.6 Å². The van der Waals surface area contributed by atoms with Crippen molar-refractivity contribution in [3.63, 3.8) is 0 Å². The third-order valence-electron chi connectivity index (χ3n) is 6.87. The van der Waals surface area contributed by atoms with Gasteiger partial charge < -0.3 is 20.1 Å². The Labute approximate surface area is 193 Å². The summed E-state index contributed by atoms with van der Waals surface area (Å²) < 4.78 is 10.3. The molecule has 4 bridgehead atoms. The lowest BCUT2D eigenvalue weighted by Crippen LogP contribution is -2.60. The number of methoxy groups -OCH3 is 1. The normalized spacial score (nSPS) is 27.7. The fourth-order valence-corrected chi connectivity index (χ4v) is 6.92. The van der Waals surface area contributed by atoms with E-state index in [2.05, 4.69) is 10.6 Å². The van der Waals surface area contributed by atoms with Gasteiger partial charge in [-0.25, -0.2) is 4.79 Å². The molecule has 1 aromatic carbocycles. The zero-order chi connectivity index (χ0) is 22.6. The van der Waals surface area contributed by atoms with E-state index in [0.717, 1.165) is 37.0 Å². The molecule has 0 aliphatic heterocycles. The van der Waals surface area contributed by atoms with E-state index in [-0.39, 0.29) is 29.7 Å². The highest BCUT2D eigenvalue weighted by atomic mass is 32.2. The minimum atomic E-state index is -0.548. The van der Waals surface area contributed by atoms with Crippen molar-refractivity contribution < 1.29 is 23.9 Å². The van der Waals surface area contributed by atoms with Crippen molar-refractivity contribution in [1.82, 2.24) is 10.6 Å². The van der Waals surface area contributed by atoms with Gasteiger partial charge in [-0.3, -0.25) is 9.59 Å². The van der Waals surface area contributed by atoms with E-state index in [0.29, 0.717) is 23.6 Å². The van der Waals surface area contributed by atoms with Crippen LogP contribution in [0.1, 0.15) is 48.9 Å². The zero-order valence-electron chi connectivity index (χ0n) is 18.6. The molecule has 4 fully saturated rings. The summed E-state index contributed by atoms with van der Waals surface area (Å²) in [4.78, 5) is 37.9. The van der Waals surface area contributed by atoms with Crippen molar-refractivity contribution in [1.29, 1.82) is 0 Å².